The van der Waals surface area contributed by atoms with Crippen LogP contribution in [-0.4, -0.2) is 106 Å². The quantitative estimate of drug-likeness (QED) is 0.0894. The molecule has 0 saturated heterocycles. The van der Waals surface area contributed by atoms with Crippen LogP contribution in [0.1, 0.15) is 25.0 Å². The van der Waals surface area contributed by atoms with E-state index in [1.54, 1.807) is 0 Å². The molecule has 5 aliphatic rings. The van der Waals surface area contributed by atoms with Crippen LogP contribution in [0.2, 0.25) is 0 Å². The second kappa shape index (κ2) is 26.6. The first kappa shape index (κ1) is 70.3. The Hall–Kier alpha value is 0.290. The van der Waals surface area contributed by atoms with Gasteiger partial charge in [-0.05, 0) is 67.4 Å². The van der Waals surface area contributed by atoms with E-state index in [1.807, 2.05) is 0 Å². The number of fused-ring (bicyclic) bond motifs is 1. The Morgan fingerprint density at radius 3 is 1.37 bits per heavy atom. The van der Waals surface area contributed by atoms with Gasteiger partial charge in [0.15, 0.2) is 5.82 Å². The minimum Gasteiger partial charge on any atom is -0.744 e. The minimum absolute atomic E-state index is 0. The van der Waals surface area contributed by atoms with Crippen molar-refractivity contribution >= 4 is 113 Å². The average molecular weight is 1140 g/mol. The summed E-state index contributed by atoms with van der Waals surface area (Å²) in [6, 6.07) is 6.07. The van der Waals surface area contributed by atoms with E-state index in [9.17, 15) is 77.8 Å². The first-order valence-corrected chi connectivity index (χ1v) is 25.7. The van der Waals surface area contributed by atoms with Crippen molar-refractivity contribution in [3.05, 3.63) is 72.1 Å². The van der Waals surface area contributed by atoms with Crippen molar-refractivity contribution < 1.29 is 255 Å². The molecule has 0 fully saturated rings. The molecule has 25 nitrogen and oxygen atoms in total. The third-order valence-electron chi connectivity index (χ3n) is 9.07. The fourth-order valence-corrected chi connectivity index (χ4v) is 10.6. The number of hydrogen-bond acceptors (Lipinski definition) is 25. The van der Waals surface area contributed by atoms with Crippen LogP contribution in [0.5, 0.6) is 0 Å². The van der Waals surface area contributed by atoms with Crippen LogP contribution in [0.15, 0.2) is 90.3 Å². The van der Waals surface area contributed by atoms with E-state index in [-0.39, 0.29) is 190 Å². The Kier molecular flexibility index (Phi) is 26.7. The number of rotatable bonds is 9. The predicted molar refractivity (Wildman–Crippen MR) is 215 cm³/mol. The molecule has 1 aromatic heterocycles. The third-order valence-corrected chi connectivity index (χ3v) is 14.4. The van der Waals surface area contributed by atoms with Crippen LogP contribution in [-0.2, 0) is 60.7 Å². The largest absolute Gasteiger partial charge is 1.00 e. The van der Waals surface area contributed by atoms with Crippen LogP contribution < -0.4 is 198 Å². The second-order valence-electron chi connectivity index (χ2n) is 13.1. The molecule has 3 N–H and O–H groups in total. The number of anilines is 7. The van der Waals surface area contributed by atoms with Crippen molar-refractivity contribution in [3.8, 4) is 11.4 Å². The predicted octanol–water partition coefficient (Wildman–Crippen LogP) is -16.5. The van der Waals surface area contributed by atoms with E-state index < -0.39 is 153 Å². The maximum Gasteiger partial charge on any atom is 1.00 e. The van der Waals surface area contributed by atoms with Gasteiger partial charge >= 0.3 is 177 Å². The molecule has 0 aliphatic carbocycles. The van der Waals surface area contributed by atoms with Crippen molar-refractivity contribution in [3.63, 3.8) is 0 Å². The molecule has 5 aliphatic heterocycles. The molecule has 0 amide bonds. The van der Waals surface area contributed by atoms with Crippen molar-refractivity contribution in [1.29, 1.82) is 0 Å². The minimum atomic E-state index is -5.82. The van der Waals surface area contributed by atoms with E-state index >= 15 is 0 Å². The number of benzene rings is 4. The zero-order valence-electron chi connectivity index (χ0n) is 37.9. The fourth-order valence-electron chi connectivity index (χ4n) is 6.38. The normalized spacial score (nSPS) is 12.4. The van der Waals surface area contributed by atoms with Gasteiger partial charge in [-0.3, -0.25) is 0 Å². The van der Waals surface area contributed by atoms with Crippen molar-refractivity contribution in [2.24, 2.45) is 0 Å². The van der Waals surface area contributed by atoms with Gasteiger partial charge < -0.3 is 48.2 Å². The van der Waals surface area contributed by atoms with Gasteiger partial charge in [-0.2, -0.15) is 4.98 Å². The summed E-state index contributed by atoms with van der Waals surface area (Å²) in [7, 11) is -34.2. The molecule has 10 rings (SSSR count). The summed E-state index contributed by atoms with van der Waals surface area (Å²) in [5, 5.41) is 6.84. The third kappa shape index (κ3) is 16.4. The van der Waals surface area contributed by atoms with E-state index in [0.717, 1.165) is 41.3 Å². The molecular formula is C33H25N7Na6O18S6. The zero-order chi connectivity index (χ0) is 47.5. The summed E-state index contributed by atoms with van der Waals surface area (Å²) in [5.41, 5.74) is -7.06. The fraction of sp³-hybridized carbons (Fsp3) is 0.121. The summed E-state index contributed by atoms with van der Waals surface area (Å²) < 4.78 is 230. The standard InChI is InChI=1S/C33H31N7O18S6.6Na/c1-3-40(4-2)23-15-28(63(53,54)55)29-30(31(23)64(56,57)58)37-20-10-8-18(25(12-20)60(44,45)46)6-5-17-7-9-19(11-24(17)59(41,42)43)36-22-14-26(61(47,48)49)21(13-27(22)62(50,51)52)32-34-16-35-33(38-29)39-32;;;;;;/h5-16,36-37H,3-4H2,1-2H3,(H,41,42,43)(H,44,45,46)(H,47,48,49)(H,50,51,52)(H,53,54,55)(H,56,57,58)(H,34,35,38,39);;;;;;/q;6*+1/p-6. The Balaban J connectivity index is 0.00000793. The SMILES string of the molecule is CCN(CC)c1cc(S(=O)(=O)[O-])c2c(c1S(=O)(=O)[O-])Nc1ccc(c(S(=O)(=O)[O-])c1)C=Cc1ccc(cc1S(=O)(=O)[O-])Nc1cc(S(=O)(=O)[O-])c(cc1S(=O)(=O)[O-])-c1ncnc(n1)N2.[Na+].[Na+].[Na+].[Na+].[Na+].[Na+]. The number of hydrogen-bond donors (Lipinski definition) is 3. The van der Waals surface area contributed by atoms with Gasteiger partial charge in [-0.1, -0.05) is 24.3 Å². The van der Waals surface area contributed by atoms with Crippen molar-refractivity contribution in [1.82, 2.24) is 15.0 Å². The molecule has 4 aromatic carbocycles. The average Bonchev–Trinajstić information content (AvgIpc) is 3.16. The van der Waals surface area contributed by atoms with Gasteiger partial charge in [0.2, 0.25) is 5.95 Å². The molecule has 0 unspecified atom stereocenters. The van der Waals surface area contributed by atoms with Crippen LogP contribution >= 0.6 is 0 Å². The Morgan fingerprint density at radius 1 is 0.486 bits per heavy atom. The first-order valence-electron chi connectivity index (χ1n) is 17.3. The topological polar surface area (TPSA) is 421 Å². The van der Waals surface area contributed by atoms with Crippen LogP contribution in [0.25, 0.3) is 23.5 Å². The van der Waals surface area contributed by atoms with Gasteiger partial charge in [0.05, 0.1) is 47.2 Å². The van der Waals surface area contributed by atoms with Crippen LogP contribution in [0.3, 0.4) is 0 Å². The van der Waals surface area contributed by atoms with Crippen molar-refractivity contribution in [2.45, 2.75) is 43.2 Å². The molecular weight excluding hydrogens is 1110 g/mol. The summed E-state index contributed by atoms with van der Waals surface area (Å²) in [6.07, 6.45) is 2.22. The van der Waals surface area contributed by atoms with Gasteiger partial charge in [0, 0.05) is 30.0 Å². The van der Waals surface area contributed by atoms with Crippen LogP contribution in [0.4, 0.5) is 40.1 Å². The Labute approximate surface area is 534 Å². The molecule has 0 radical (unpaired) electrons. The van der Waals surface area contributed by atoms with E-state index in [0.29, 0.717) is 36.7 Å². The van der Waals surface area contributed by atoms with E-state index in [2.05, 4.69) is 30.9 Å². The van der Waals surface area contributed by atoms with Crippen LogP contribution in [0, 0.1) is 0 Å². The molecule has 0 atom stereocenters. The van der Waals surface area contributed by atoms with Gasteiger partial charge in [0.1, 0.15) is 71.9 Å². The Morgan fingerprint density at radius 2 is 0.943 bits per heavy atom. The maximum absolute atomic E-state index is 13.2. The summed E-state index contributed by atoms with van der Waals surface area (Å²) in [5.74, 6) is -1.93. The monoisotopic (exact) mass is 1140 g/mol. The molecule has 0 saturated carbocycles. The first-order chi connectivity index (χ1) is 29.4. The Bertz CT molecular complexity index is 3540. The molecule has 37 heteroatoms. The second-order valence-corrected chi connectivity index (χ2v) is 21.1. The summed E-state index contributed by atoms with van der Waals surface area (Å²) in [6.45, 7) is 2.65. The van der Waals surface area contributed by atoms with Gasteiger partial charge in [-0.25, -0.2) is 60.5 Å². The number of nitrogens with zero attached hydrogens (tertiary/aromatic N) is 4. The molecule has 0 spiro atoms. The number of nitrogens with one attached hydrogen (secondary N) is 3. The number of aromatic nitrogens is 3. The van der Waals surface area contributed by atoms with Crippen molar-refractivity contribution in [2.75, 3.05) is 33.9 Å². The smallest absolute Gasteiger partial charge is 0.744 e. The maximum atomic E-state index is 13.2. The molecule has 8 bridgehead atoms. The van der Waals surface area contributed by atoms with Gasteiger partial charge in [-0.15, -0.1) is 0 Å². The van der Waals surface area contributed by atoms with Gasteiger partial charge in [0.25, 0.3) is 0 Å². The molecule has 5 aromatic rings. The summed E-state index contributed by atoms with van der Waals surface area (Å²) >= 11 is 0. The van der Waals surface area contributed by atoms with E-state index in [4.69, 9.17) is 0 Å². The molecule has 342 valence electrons. The summed E-state index contributed by atoms with van der Waals surface area (Å²) in [4.78, 5) is 4.95. The molecule has 6 heterocycles. The zero-order valence-corrected chi connectivity index (χ0v) is 54.8. The molecule has 70 heavy (non-hydrogen) atoms. The van der Waals surface area contributed by atoms with E-state index in [1.165, 1.54) is 13.8 Å².